The molecule has 4 aromatic heterocycles. The van der Waals surface area contributed by atoms with Crippen molar-refractivity contribution in [2.45, 2.75) is 19.6 Å². The Morgan fingerprint density at radius 3 is 1.93 bits per heavy atom. The van der Waals surface area contributed by atoms with Crippen LogP contribution in [0.25, 0.3) is 33.8 Å². The van der Waals surface area contributed by atoms with Crippen molar-refractivity contribution in [3.05, 3.63) is 118 Å². The highest BCUT2D eigenvalue weighted by molar-refractivity contribution is 5.67. The zero-order valence-corrected chi connectivity index (χ0v) is 30.5. The van der Waals surface area contributed by atoms with Crippen LogP contribution in [0, 0.1) is 0 Å². The zero-order chi connectivity index (χ0) is 37.8. The van der Waals surface area contributed by atoms with E-state index in [1.807, 2.05) is 61.6 Å². The Hall–Kier alpha value is -5.86. The molecule has 0 spiro atoms. The topological polar surface area (TPSA) is 112 Å². The molecule has 6 heterocycles. The lowest BCUT2D eigenvalue weighted by Gasteiger charge is -2.33. The van der Waals surface area contributed by atoms with Gasteiger partial charge in [0.15, 0.2) is 0 Å². The molecule has 2 aromatic carbocycles. The van der Waals surface area contributed by atoms with E-state index in [4.69, 9.17) is 4.98 Å². The van der Waals surface area contributed by atoms with Gasteiger partial charge in [-0.15, -0.1) is 0 Å². The first-order valence-corrected chi connectivity index (χ1v) is 18.0. The molecule has 2 aliphatic rings. The Morgan fingerprint density at radius 2 is 1.33 bits per heavy atom. The van der Waals surface area contributed by atoms with E-state index < -0.39 is 6.61 Å². The molecule has 54 heavy (non-hydrogen) atoms. The number of ether oxygens (including phenoxy) is 1. The number of hydrogen-bond donors (Lipinski definition) is 2. The molecule has 14 heteroatoms. The number of rotatable bonds is 7. The standard InChI is InChI=1S/C21H25N5O.C19H18F2N4O2/c1-15-13-25(10-9-22-15)18-7-8-20-23-19(12-21(27)26(20)14-18)16-5-4-6-17(11-16)24(2)3;20-19(21)27-15-4-1-13(2-5-15)16-11-18(26)25-12-14(3-6-17(25)23-16)24-9-7-22-8-10-24/h4-8,11-12,14-15,22H,9-10,13H2,1-3H3;1-6,11-12,19,22H,7-10H2/t15-;/m0./s1. The van der Waals surface area contributed by atoms with Crippen molar-refractivity contribution in [1.29, 1.82) is 0 Å². The van der Waals surface area contributed by atoms with Crippen molar-refractivity contribution in [1.82, 2.24) is 29.4 Å². The van der Waals surface area contributed by atoms with Crippen molar-refractivity contribution in [3.8, 4) is 28.3 Å². The van der Waals surface area contributed by atoms with Crippen LogP contribution in [-0.2, 0) is 0 Å². The maximum absolute atomic E-state index is 12.8. The van der Waals surface area contributed by atoms with Gasteiger partial charge in [-0.1, -0.05) is 12.1 Å². The van der Waals surface area contributed by atoms with Gasteiger partial charge in [0.1, 0.15) is 17.0 Å². The molecule has 2 N–H and O–H groups in total. The van der Waals surface area contributed by atoms with Crippen LogP contribution in [0.5, 0.6) is 5.75 Å². The fourth-order valence-corrected chi connectivity index (χ4v) is 6.69. The van der Waals surface area contributed by atoms with Gasteiger partial charge in [0.2, 0.25) is 0 Å². The van der Waals surface area contributed by atoms with Gasteiger partial charge >= 0.3 is 6.61 Å². The molecule has 2 saturated heterocycles. The number of nitrogens with zero attached hydrogens (tertiary/aromatic N) is 7. The molecule has 2 aliphatic heterocycles. The Balaban J connectivity index is 0.000000167. The normalized spacial score (nSPS) is 16.0. The van der Waals surface area contributed by atoms with Gasteiger partial charge in [0, 0.05) is 107 Å². The first-order valence-electron chi connectivity index (χ1n) is 18.0. The molecule has 0 unspecified atom stereocenters. The van der Waals surface area contributed by atoms with Crippen LogP contribution < -0.4 is 41.2 Å². The Labute approximate surface area is 311 Å². The summed E-state index contributed by atoms with van der Waals surface area (Å²) < 4.78 is 32.0. The lowest BCUT2D eigenvalue weighted by Crippen LogP contribution is -2.49. The van der Waals surface area contributed by atoms with Gasteiger partial charge in [-0.2, -0.15) is 8.78 Å². The van der Waals surface area contributed by atoms with E-state index in [2.05, 4.69) is 49.2 Å². The number of pyridine rings is 2. The fourth-order valence-electron chi connectivity index (χ4n) is 6.69. The highest BCUT2D eigenvalue weighted by atomic mass is 19.3. The van der Waals surface area contributed by atoms with Crippen LogP contribution in [-0.4, -0.2) is 91.3 Å². The number of hydrogen-bond acceptors (Lipinski definition) is 10. The quantitative estimate of drug-likeness (QED) is 0.242. The number of anilines is 3. The summed E-state index contributed by atoms with van der Waals surface area (Å²) in [7, 11) is 4.00. The minimum Gasteiger partial charge on any atom is -0.435 e. The summed E-state index contributed by atoms with van der Waals surface area (Å²) in [6.45, 7) is 5.73. The maximum Gasteiger partial charge on any atom is 0.387 e. The van der Waals surface area contributed by atoms with E-state index in [0.29, 0.717) is 34.3 Å². The van der Waals surface area contributed by atoms with E-state index in [9.17, 15) is 18.4 Å². The van der Waals surface area contributed by atoms with Crippen molar-refractivity contribution < 1.29 is 13.5 Å². The average molecular weight is 736 g/mol. The number of nitrogens with one attached hydrogen (secondary N) is 2. The molecule has 6 aromatic rings. The lowest BCUT2D eigenvalue weighted by atomic mass is 10.1. The second-order valence-electron chi connectivity index (χ2n) is 13.6. The Kier molecular flexibility index (Phi) is 10.8. The third kappa shape index (κ3) is 8.35. The number of piperazine rings is 2. The average Bonchev–Trinajstić information content (AvgIpc) is 3.18. The molecular weight excluding hydrogens is 692 g/mol. The summed E-state index contributed by atoms with van der Waals surface area (Å²) >= 11 is 0. The van der Waals surface area contributed by atoms with Gasteiger partial charge in [0.25, 0.3) is 11.1 Å². The van der Waals surface area contributed by atoms with Gasteiger partial charge < -0.3 is 30.1 Å². The molecule has 1 atom stereocenters. The molecule has 2 fully saturated rings. The third-order valence-corrected chi connectivity index (χ3v) is 9.54. The molecule has 0 bridgehead atoms. The summed E-state index contributed by atoms with van der Waals surface area (Å²) in [5.41, 5.74) is 6.85. The molecule has 0 aliphatic carbocycles. The number of alkyl halides is 2. The minimum atomic E-state index is -2.87. The first kappa shape index (κ1) is 36.5. The largest absolute Gasteiger partial charge is 0.435 e. The Bertz CT molecular complexity index is 2360. The van der Waals surface area contributed by atoms with Crippen LogP contribution >= 0.6 is 0 Å². The van der Waals surface area contributed by atoms with Crippen LogP contribution in [0.2, 0.25) is 0 Å². The van der Waals surface area contributed by atoms with Crippen molar-refractivity contribution in [3.63, 3.8) is 0 Å². The first-order chi connectivity index (χ1) is 26.1. The van der Waals surface area contributed by atoms with Crippen molar-refractivity contribution in [2.24, 2.45) is 0 Å². The molecule has 0 amide bonds. The highest BCUT2D eigenvalue weighted by Crippen LogP contribution is 2.24. The molecule has 0 saturated carbocycles. The van der Waals surface area contributed by atoms with Crippen LogP contribution in [0.1, 0.15) is 6.92 Å². The van der Waals surface area contributed by atoms with E-state index in [1.165, 1.54) is 22.6 Å². The molecule has 12 nitrogen and oxygen atoms in total. The smallest absolute Gasteiger partial charge is 0.387 e. The third-order valence-electron chi connectivity index (χ3n) is 9.54. The number of fused-ring (bicyclic) bond motifs is 2. The lowest BCUT2D eigenvalue weighted by molar-refractivity contribution is -0.0498. The molecule has 0 radical (unpaired) electrons. The highest BCUT2D eigenvalue weighted by Gasteiger charge is 2.17. The zero-order valence-electron chi connectivity index (χ0n) is 30.5. The van der Waals surface area contributed by atoms with Gasteiger partial charge in [-0.25, -0.2) is 9.97 Å². The number of halogens is 2. The summed E-state index contributed by atoms with van der Waals surface area (Å²) in [6.07, 6.45) is 3.71. The van der Waals surface area contributed by atoms with E-state index in [-0.39, 0.29) is 16.9 Å². The fraction of sp³-hybridized carbons (Fsp3) is 0.300. The maximum atomic E-state index is 12.8. The summed E-state index contributed by atoms with van der Waals surface area (Å²) in [5, 5.41) is 6.74. The van der Waals surface area contributed by atoms with Crippen LogP contribution in [0.15, 0.2) is 107 Å². The molecular formula is C40H43F2N9O3. The van der Waals surface area contributed by atoms with E-state index >= 15 is 0 Å². The second kappa shape index (κ2) is 16.0. The SMILES string of the molecule is C[C@H]1CN(c2ccc3nc(-c4cccc(N(C)C)c4)cc(=O)n3c2)CCN1.O=c1cc(-c2ccc(OC(F)F)cc2)nc2ccc(N3CCNCC3)cn12. The Morgan fingerprint density at radius 1 is 0.741 bits per heavy atom. The monoisotopic (exact) mass is 735 g/mol. The summed E-state index contributed by atoms with van der Waals surface area (Å²) in [5.74, 6) is 0.0620. The van der Waals surface area contributed by atoms with Gasteiger partial charge in [-0.3, -0.25) is 18.4 Å². The molecule has 8 rings (SSSR count). The predicted molar refractivity (Wildman–Crippen MR) is 210 cm³/mol. The van der Waals surface area contributed by atoms with E-state index in [1.54, 1.807) is 28.8 Å². The van der Waals surface area contributed by atoms with Crippen LogP contribution in [0.4, 0.5) is 25.8 Å². The number of aromatic nitrogens is 4. The number of benzene rings is 2. The van der Waals surface area contributed by atoms with E-state index in [0.717, 1.165) is 68.4 Å². The molecule has 280 valence electrons. The summed E-state index contributed by atoms with van der Waals surface area (Å²) in [6, 6.07) is 25.4. The van der Waals surface area contributed by atoms with Gasteiger partial charge in [0.05, 0.1) is 22.8 Å². The second-order valence-corrected chi connectivity index (χ2v) is 13.6. The minimum absolute atomic E-state index is 0.0599. The van der Waals surface area contributed by atoms with Crippen molar-refractivity contribution >= 4 is 28.4 Å². The summed E-state index contributed by atoms with van der Waals surface area (Å²) in [4.78, 5) is 41.2. The van der Waals surface area contributed by atoms with Gasteiger partial charge in [-0.05, 0) is 67.6 Å². The van der Waals surface area contributed by atoms with Crippen LogP contribution in [0.3, 0.4) is 0 Å². The predicted octanol–water partition coefficient (Wildman–Crippen LogP) is 4.60. The van der Waals surface area contributed by atoms with Crippen molar-refractivity contribution in [2.75, 3.05) is 74.6 Å².